The lowest BCUT2D eigenvalue weighted by Crippen LogP contribution is -2.63. The summed E-state index contributed by atoms with van der Waals surface area (Å²) in [5.74, 6) is -15.2. The van der Waals surface area contributed by atoms with Crippen LogP contribution < -0.4 is 69.5 Å². The normalized spacial score (nSPS) is 17.5. The number of nitrogens with one attached hydrogen (secondary N) is 12. The predicted octanol–water partition coefficient (Wildman–Crippen LogP) is 1.36. The Bertz CT molecular complexity index is 3140. The van der Waals surface area contributed by atoms with Crippen LogP contribution >= 0.6 is 0 Å². The SMILES string of the molecule is C/C=C(\NC(=O)[C@H](Cc1ccccc1)NC(=O)C(NC(=O)C(NC(=O)C(NC(=O)C(NC(=O)[C@H](CCCN)NC(=O)C1CCCN1C(=O)C(NC(=O)C(NC(=O)C(NC(=O)C(NC(=O)CCCC(C)C)C(C)C)C(C)O)C(C)C)C(C)C)C(C)CC)C(C)O)C(C)CC)C(C)C)C(=O)NC(C(=O)O)C(C)C. The van der Waals surface area contributed by atoms with Crippen molar-refractivity contribution in [3.8, 4) is 0 Å². The molecule has 1 heterocycles. The maximum Gasteiger partial charge on any atom is 0.326 e. The number of rotatable bonds is 45. The van der Waals surface area contributed by atoms with E-state index in [1.54, 1.807) is 127 Å². The standard InChI is InChI=1S/C75H126N14O17/c1-20-44(16)59(71(101)88-62(47(19)91)73(103)86-60(45(17)21-2)70(100)81-55(40(8)9)67(97)79-51(37-48-30-24-23-25-31-48)65(95)77-49(22-3)63(93)84-58(43(14)15)75(105)106)85-64(94)50(32-27-35-76)78-66(96)52-33-28-36-89(52)74(104)57(42(12)13)83-69(99)56(41(10)11)82-72(102)61(46(18)90)87-68(98)54(39(6)7)80-53(92)34-26-29-38(4)5/h22-25,30-31,38-47,50-52,54-62,90-91H,20-21,26-29,32-37,76H2,1-19H3,(H,77,95)(H,78,96)(H,79,97)(H,80,92)(H,81,100)(H,82,102)(H,83,99)(H,84,93)(H,85,94)(H,86,103)(H,87,98)(H,88,101)(H,105,106)/b49-22-/t44?,45?,46?,47?,50-,51-,52?,54?,55?,56?,57?,58?,59?,60?,61?,62?/m0/s1. The number of aliphatic hydroxyl groups is 2. The number of hydrogen-bond acceptors (Lipinski definition) is 17. The van der Waals surface area contributed by atoms with Crippen LogP contribution in [0.5, 0.6) is 0 Å². The lowest BCUT2D eigenvalue weighted by Gasteiger charge is -2.33. The van der Waals surface area contributed by atoms with Crippen LogP contribution in [0.15, 0.2) is 42.1 Å². The number of carbonyl (C=O) groups is 14. The summed E-state index contributed by atoms with van der Waals surface area (Å²) in [6.07, 6.45) is 1.01. The third-order valence-electron chi connectivity index (χ3n) is 19.0. The van der Waals surface area contributed by atoms with Gasteiger partial charge in [0.2, 0.25) is 70.9 Å². The lowest BCUT2D eigenvalue weighted by molar-refractivity contribution is -0.144. The summed E-state index contributed by atoms with van der Waals surface area (Å²) < 4.78 is 0. The first-order valence-electron chi connectivity index (χ1n) is 37.5. The van der Waals surface area contributed by atoms with Gasteiger partial charge in [-0.15, -0.1) is 0 Å². The lowest BCUT2D eigenvalue weighted by atomic mass is 9.95. The second-order valence-corrected chi connectivity index (χ2v) is 30.1. The van der Waals surface area contributed by atoms with E-state index in [0.29, 0.717) is 37.2 Å². The molecule has 17 N–H and O–H groups in total. The van der Waals surface area contributed by atoms with Crippen molar-refractivity contribution in [2.75, 3.05) is 13.1 Å². The Morgan fingerprint density at radius 3 is 1.32 bits per heavy atom. The maximum atomic E-state index is 14.7. The van der Waals surface area contributed by atoms with Crippen molar-refractivity contribution in [1.29, 1.82) is 0 Å². The van der Waals surface area contributed by atoms with Crippen molar-refractivity contribution < 1.29 is 82.4 Å². The first kappa shape index (κ1) is 93.5. The summed E-state index contributed by atoms with van der Waals surface area (Å²) in [5.41, 5.74) is 6.24. The second kappa shape index (κ2) is 45.8. The summed E-state index contributed by atoms with van der Waals surface area (Å²) >= 11 is 0. The summed E-state index contributed by atoms with van der Waals surface area (Å²) in [5, 5.41) is 63.3. The van der Waals surface area contributed by atoms with E-state index in [1.165, 1.54) is 31.7 Å². The molecule has 598 valence electrons. The van der Waals surface area contributed by atoms with Gasteiger partial charge in [-0.2, -0.15) is 0 Å². The average molecular weight is 1500 g/mol. The molecule has 1 aromatic carbocycles. The first-order valence-corrected chi connectivity index (χ1v) is 37.5. The van der Waals surface area contributed by atoms with Crippen LogP contribution in [-0.2, 0) is 73.5 Å². The Morgan fingerprint density at radius 1 is 0.481 bits per heavy atom. The molecule has 106 heavy (non-hydrogen) atoms. The van der Waals surface area contributed by atoms with Gasteiger partial charge >= 0.3 is 5.97 Å². The molecule has 0 aromatic heterocycles. The Labute approximate surface area is 625 Å². The Kier molecular flexibility index (Phi) is 40.4. The number of hydrogen-bond donors (Lipinski definition) is 16. The van der Waals surface area contributed by atoms with E-state index in [4.69, 9.17) is 5.73 Å². The smallest absolute Gasteiger partial charge is 0.326 e. The molecule has 0 radical (unpaired) electrons. The molecule has 31 nitrogen and oxygen atoms in total. The zero-order valence-corrected chi connectivity index (χ0v) is 65.7. The van der Waals surface area contributed by atoms with Crippen molar-refractivity contribution in [3.05, 3.63) is 47.7 Å². The van der Waals surface area contributed by atoms with Crippen molar-refractivity contribution in [3.63, 3.8) is 0 Å². The van der Waals surface area contributed by atoms with Crippen LogP contribution in [0.4, 0.5) is 0 Å². The van der Waals surface area contributed by atoms with E-state index in [2.05, 4.69) is 63.8 Å². The number of carboxylic acids is 1. The number of nitrogens with zero attached hydrogens (tertiary/aromatic N) is 1. The molecule has 1 saturated heterocycles. The molecule has 0 bridgehead atoms. The van der Waals surface area contributed by atoms with Crippen LogP contribution in [0.3, 0.4) is 0 Å². The highest BCUT2D eigenvalue weighted by Gasteiger charge is 2.44. The highest BCUT2D eigenvalue weighted by molar-refractivity contribution is 6.02. The highest BCUT2D eigenvalue weighted by Crippen LogP contribution is 2.23. The molecule has 0 aliphatic carbocycles. The molecule has 1 aliphatic heterocycles. The number of aliphatic carboxylic acids is 1. The summed E-state index contributed by atoms with van der Waals surface area (Å²) in [6.45, 7) is 31.5. The largest absolute Gasteiger partial charge is 0.480 e. The second-order valence-electron chi connectivity index (χ2n) is 30.1. The van der Waals surface area contributed by atoms with Crippen molar-refractivity contribution >= 4 is 82.8 Å². The van der Waals surface area contributed by atoms with Gasteiger partial charge in [0, 0.05) is 19.4 Å². The van der Waals surface area contributed by atoms with Gasteiger partial charge < -0.3 is 89.8 Å². The van der Waals surface area contributed by atoms with Crippen LogP contribution in [-0.4, -0.2) is 201 Å². The van der Waals surface area contributed by atoms with E-state index in [-0.39, 0.29) is 56.8 Å². The van der Waals surface area contributed by atoms with Gasteiger partial charge in [-0.05, 0) is 112 Å². The van der Waals surface area contributed by atoms with Gasteiger partial charge in [0.05, 0.1) is 12.2 Å². The van der Waals surface area contributed by atoms with E-state index in [0.717, 1.165) is 6.42 Å². The van der Waals surface area contributed by atoms with Gasteiger partial charge in [-0.25, -0.2) is 4.79 Å². The predicted molar refractivity (Wildman–Crippen MR) is 399 cm³/mol. The van der Waals surface area contributed by atoms with Gasteiger partial charge in [-0.3, -0.25) is 62.3 Å². The first-order chi connectivity index (χ1) is 49.6. The molecule has 31 heteroatoms. The van der Waals surface area contributed by atoms with Crippen LogP contribution in [0.25, 0.3) is 0 Å². The monoisotopic (exact) mass is 1490 g/mol. The summed E-state index contributed by atoms with van der Waals surface area (Å²) in [6, 6.07) is -7.57. The number of benzene rings is 1. The third-order valence-corrected chi connectivity index (χ3v) is 19.0. The highest BCUT2D eigenvalue weighted by atomic mass is 16.4. The van der Waals surface area contributed by atoms with Crippen molar-refractivity contribution in [1.82, 2.24) is 68.7 Å². The van der Waals surface area contributed by atoms with Gasteiger partial charge in [0.1, 0.15) is 78.2 Å². The summed E-state index contributed by atoms with van der Waals surface area (Å²) in [4.78, 5) is 197. The molecule has 0 saturated carbocycles. The zero-order valence-electron chi connectivity index (χ0n) is 65.7. The fourth-order valence-corrected chi connectivity index (χ4v) is 11.8. The van der Waals surface area contributed by atoms with Crippen LogP contribution in [0.2, 0.25) is 0 Å². The van der Waals surface area contributed by atoms with E-state index in [9.17, 15) is 82.4 Å². The molecular weight excluding hydrogens is 1370 g/mol. The van der Waals surface area contributed by atoms with Gasteiger partial charge in [0.15, 0.2) is 0 Å². The fourth-order valence-electron chi connectivity index (χ4n) is 11.8. The minimum atomic E-state index is -1.74. The van der Waals surface area contributed by atoms with E-state index in [1.807, 2.05) is 13.8 Å². The molecule has 14 unspecified atom stereocenters. The Balaban J connectivity index is 2.39. The molecule has 1 aliphatic rings. The number of likely N-dealkylation sites (tertiary alicyclic amines) is 1. The van der Waals surface area contributed by atoms with Crippen LogP contribution in [0, 0.1) is 47.3 Å². The number of carboxylic acid groups (broad SMARTS) is 1. The topological polar surface area (TPSA) is 473 Å². The fraction of sp³-hybridized carbons (Fsp3) is 0.707. The molecular formula is C75H126N14O17. The zero-order chi connectivity index (χ0) is 80.7. The number of amides is 13. The van der Waals surface area contributed by atoms with Gasteiger partial charge in [0.25, 0.3) is 5.91 Å². The minimum absolute atomic E-state index is 0.0294. The van der Waals surface area contributed by atoms with E-state index < -0.39 is 203 Å². The average Bonchev–Trinajstić information content (AvgIpc) is 1.54. The van der Waals surface area contributed by atoms with Gasteiger partial charge in [-0.1, -0.05) is 166 Å². The number of aliphatic hydroxyl groups excluding tert-OH is 2. The molecule has 2 rings (SSSR count). The Hall–Kier alpha value is -8.58. The van der Waals surface area contributed by atoms with E-state index >= 15 is 0 Å². The number of allylic oxidation sites excluding steroid dienone is 1. The van der Waals surface area contributed by atoms with Crippen molar-refractivity contribution in [2.24, 2.45) is 53.1 Å². The number of nitrogens with two attached hydrogens (primary N) is 1. The van der Waals surface area contributed by atoms with Crippen molar-refractivity contribution in [2.45, 2.75) is 280 Å². The molecule has 1 aromatic rings. The molecule has 0 spiro atoms. The number of carbonyl (C=O) groups excluding carboxylic acids is 13. The molecule has 13 amide bonds. The van der Waals surface area contributed by atoms with Crippen LogP contribution in [0.1, 0.15) is 195 Å². The minimum Gasteiger partial charge on any atom is -0.480 e. The third kappa shape index (κ3) is 29.6. The summed E-state index contributed by atoms with van der Waals surface area (Å²) in [7, 11) is 0. The Morgan fingerprint density at radius 2 is 0.896 bits per heavy atom. The quantitative estimate of drug-likeness (QED) is 0.0410. The maximum absolute atomic E-state index is 14.7. The molecule has 16 atom stereocenters. The molecule has 1 fully saturated rings.